The van der Waals surface area contributed by atoms with E-state index in [1.165, 1.54) is 11.3 Å². The lowest BCUT2D eigenvalue weighted by atomic mass is 10.2. The van der Waals surface area contributed by atoms with Crippen molar-refractivity contribution in [2.24, 2.45) is 0 Å². The second-order valence-electron chi connectivity index (χ2n) is 6.17. The fourth-order valence-corrected chi connectivity index (χ4v) is 3.78. The predicted molar refractivity (Wildman–Crippen MR) is 113 cm³/mol. The number of halogens is 1. The SMILES string of the molecule is CS(=O)(=O)N(F)CCc1ncc(-c2ccc(NC(=O)Nc3ccccc3)cc2)s1. The Labute approximate surface area is 172 Å². The molecule has 2 amide bonds. The number of para-hydroxylation sites is 1. The van der Waals surface area contributed by atoms with Gasteiger partial charge >= 0.3 is 6.03 Å². The minimum absolute atomic E-state index is 0.185. The van der Waals surface area contributed by atoms with Crippen molar-refractivity contribution in [2.45, 2.75) is 6.42 Å². The number of thiazole rings is 1. The average Bonchev–Trinajstić information content (AvgIpc) is 3.15. The van der Waals surface area contributed by atoms with Crippen molar-refractivity contribution in [3.8, 4) is 10.4 Å². The second-order valence-corrected chi connectivity index (χ2v) is 9.14. The van der Waals surface area contributed by atoms with Crippen molar-refractivity contribution in [1.29, 1.82) is 0 Å². The molecule has 1 heterocycles. The van der Waals surface area contributed by atoms with Gasteiger partial charge in [0.2, 0.25) is 10.0 Å². The number of amides is 2. The third kappa shape index (κ3) is 6.08. The summed E-state index contributed by atoms with van der Waals surface area (Å²) in [5.74, 6) is 0. The van der Waals surface area contributed by atoms with Crippen LogP contribution in [0.2, 0.25) is 0 Å². The molecule has 0 atom stereocenters. The Morgan fingerprint density at radius 2 is 1.69 bits per heavy atom. The van der Waals surface area contributed by atoms with Crippen molar-refractivity contribution in [3.63, 3.8) is 0 Å². The molecule has 0 spiro atoms. The normalized spacial score (nSPS) is 11.4. The van der Waals surface area contributed by atoms with E-state index in [1.807, 2.05) is 30.3 Å². The number of rotatable bonds is 7. The molecule has 152 valence electrons. The summed E-state index contributed by atoms with van der Waals surface area (Å²) in [6.45, 7) is -0.273. The van der Waals surface area contributed by atoms with Crippen molar-refractivity contribution in [1.82, 2.24) is 9.51 Å². The van der Waals surface area contributed by atoms with Gasteiger partial charge in [-0.25, -0.2) is 18.2 Å². The fraction of sp³-hybridized carbons (Fsp3) is 0.158. The van der Waals surface area contributed by atoms with Gasteiger partial charge in [-0.05, 0) is 34.4 Å². The van der Waals surface area contributed by atoms with E-state index in [1.54, 1.807) is 30.5 Å². The van der Waals surface area contributed by atoms with Crippen LogP contribution < -0.4 is 10.6 Å². The molecule has 0 saturated heterocycles. The van der Waals surface area contributed by atoms with Crippen molar-refractivity contribution < 1.29 is 17.7 Å². The first kappa shape index (κ1) is 20.9. The average molecular weight is 435 g/mol. The number of aromatic nitrogens is 1. The molecule has 0 radical (unpaired) electrons. The molecule has 1 aromatic heterocycles. The predicted octanol–water partition coefficient (Wildman–Crippen LogP) is 4.14. The van der Waals surface area contributed by atoms with Crippen molar-refractivity contribution in [2.75, 3.05) is 23.4 Å². The summed E-state index contributed by atoms with van der Waals surface area (Å²) in [5.41, 5.74) is 2.22. The number of carbonyl (C=O) groups excluding carboxylic acids is 1. The largest absolute Gasteiger partial charge is 0.323 e. The quantitative estimate of drug-likeness (QED) is 0.547. The monoisotopic (exact) mass is 434 g/mol. The van der Waals surface area contributed by atoms with Gasteiger partial charge in [0.05, 0.1) is 22.7 Å². The number of hydrogen-bond acceptors (Lipinski definition) is 5. The maximum atomic E-state index is 13.4. The van der Waals surface area contributed by atoms with Gasteiger partial charge in [0.1, 0.15) is 0 Å². The van der Waals surface area contributed by atoms with Crippen LogP contribution in [0.5, 0.6) is 0 Å². The van der Waals surface area contributed by atoms with Crippen LogP contribution in [0.1, 0.15) is 5.01 Å². The van der Waals surface area contributed by atoms with E-state index in [0.717, 1.165) is 16.7 Å². The van der Waals surface area contributed by atoms with E-state index in [0.29, 0.717) is 16.4 Å². The van der Waals surface area contributed by atoms with Gasteiger partial charge in [-0.2, -0.15) is 0 Å². The van der Waals surface area contributed by atoms with Gasteiger partial charge in [-0.1, -0.05) is 30.3 Å². The Kier molecular flexibility index (Phi) is 6.57. The molecule has 0 saturated carbocycles. The lowest BCUT2D eigenvalue weighted by Gasteiger charge is -2.08. The molecule has 0 aliphatic rings. The lowest BCUT2D eigenvalue weighted by molar-refractivity contribution is 0.142. The highest BCUT2D eigenvalue weighted by Crippen LogP contribution is 2.27. The Bertz CT molecular complexity index is 1070. The van der Waals surface area contributed by atoms with E-state index >= 15 is 0 Å². The van der Waals surface area contributed by atoms with Crippen LogP contribution in [-0.4, -0.2) is 36.8 Å². The Hall–Kier alpha value is -2.82. The number of carbonyl (C=O) groups is 1. The van der Waals surface area contributed by atoms with Crippen LogP contribution in [0.15, 0.2) is 60.8 Å². The Morgan fingerprint density at radius 3 is 2.31 bits per heavy atom. The highest BCUT2D eigenvalue weighted by atomic mass is 32.2. The minimum Gasteiger partial charge on any atom is -0.308 e. The summed E-state index contributed by atoms with van der Waals surface area (Å²) in [6, 6.07) is 16.0. The topological polar surface area (TPSA) is 91.4 Å². The van der Waals surface area contributed by atoms with Gasteiger partial charge in [-0.3, -0.25) is 0 Å². The van der Waals surface area contributed by atoms with E-state index in [2.05, 4.69) is 15.6 Å². The number of sulfonamides is 1. The summed E-state index contributed by atoms with van der Waals surface area (Å²) >= 11 is 1.36. The minimum atomic E-state index is -3.85. The number of hydrogen-bond donors (Lipinski definition) is 2. The maximum absolute atomic E-state index is 13.4. The van der Waals surface area contributed by atoms with Gasteiger partial charge in [0.25, 0.3) is 0 Å². The number of anilines is 2. The highest BCUT2D eigenvalue weighted by molar-refractivity contribution is 7.88. The first-order chi connectivity index (χ1) is 13.8. The summed E-state index contributed by atoms with van der Waals surface area (Å²) in [6.07, 6.45) is 2.66. The van der Waals surface area contributed by atoms with Crippen LogP contribution in [0.4, 0.5) is 20.7 Å². The Morgan fingerprint density at radius 1 is 1.07 bits per heavy atom. The number of nitrogens with zero attached hydrogens (tertiary/aromatic N) is 2. The van der Waals surface area contributed by atoms with E-state index in [4.69, 9.17) is 0 Å². The van der Waals surface area contributed by atoms with Crippen molar-refractivity contribution >= 4 is 38.8 Å². The molecule has 0 aliphatic heterocycles. The zero-order valence-electron chi connectivity index (χ0n) is 15.5. The molecule has 0 unspecified atom stereocenters. The standard InChI is InChI=1S/C19H19FN4O3S2/c1-29(26,27)24(20)12-11-18-21-13-17(28-18)14-7-9-16(10-8-14)23-19(25)22-15-5-3-2-4-6-15/h2-10,13H,11-12H2,1H3,(H2,22,23,25). The van der Waals surface area contributed by atoms with E-state index in [9.17, 15) is 17.7 Å². The molecule has 2 N–H and O–H groups in total. The maximum Gasteiger partial charge on any atom is 0.323 e. The van der Waals surface area contributed by atoms with Crippen LogP contribution in [-0.2, 0) is 16.4 Å². The molecule has 2 aromatic carbocycles. The molecule has 29 heavy (non-hydrogen) atoms. The zero-order valence-corrected chi connectivity index (χ0v) is 17.1. The lowest BCUT2D eigenvalue weighted by Crippen LogP contribution is -2.23. The first-order valence-electron chi connectivity index (χ1n) is 8.63. The van der Waals surface area contributed by atoms with Crippen LogP contribution >= 0.6 is 11.3 Å². The first-order valence-corrected chi connectivity index (χ1v) is 11.3. The third-order valence-corrected chi connectivity index (χ3v) is 5.88. The van der Waals surface area contributed by atoms with Gasteiger partial charge < -0.3 is 10.6 Å². The molecule has 0 bridgehead atoms. The summed E-state index contributed by atoms with van der Waals surface area (Å²) in [7, 11) is -3.85. The van der Waals surface area contributed by atoms with E-state index < -0.39 is 10.0 Å². The van der Waals surface area contributed by atoms with Crippen LogP contribution in [0, 0.1) is 0 Å². The molecular weight excluding hydrogens is 415 g/mol. The summed E-state index contributed by atoms with van der Waals surface area (Å²) in [5, 5.41) is 6.13. The van der Waals surface area contributed by atoms with E-state index in [-0.39, 0.29) is 23.5 Å². The zero-order chi connectivity index (χ0) is 20.9. The number of nitrogens with one attached hydrogen (secondary N) is 2. The summed E-state index contributed by atoms with van der Waals surface area (Å²) < 4.78 is 35.4. The number of benzene rings is 2. The molecular formula is C19H19FN4O3S2. The highest BCUT2D eigenvalue weighted by Gasteiger charge is 2.16. The van der Waals surface area contributed by atoms with Crippen LogP contribution in [0.3, 0.4) is 0 Å². The molecule has 3 rings (SSSR count). The molecule has 10 heteroatoms. The molecule has 0 fully saturated rings. The molecule has 3 aromatic rings. The molecule has 0 aliphatic carbocycles. The van der Waals surface area contributed by atoms with Gasteiger partial charge in [0, 0.05) is 24.0 Å². The fourth-order valence-electron chi connectivity index (χ4n) is 2.44. The van der Waals surface area contributed by atoms with Gasteiger partial charge in [0.15, 0.2) is 0 Å². The van der Waals surface area contributed by atoms with Gasteiger partial charge in [-0.15, -0.1) is 15.8 Å². The van der Waals surface area contributed by atoms with Crippen LogP contribution in [0.25, 0.3) is 10.4 Å². The summed E-state index contributed by atoms with van der Waals surface area (Å²) in [4.78, 5) is 17.1. The Balaban J connectivity index is 1.57. The third-order valence-electron chi connectivity index (χ3n) is 3.87. The van der Waals surface area contributed by atoms with Crippen molar-refractivity contribution in [3.05, 3.63) is 65.8 Å². The molecule has 7 nitrogen and oxygen atoms in total. The number of urea groups is 1. The smallest absolute Gasteiger partial charge is 0.308 e. The second kappa shape index (κ2) is 9.12.